The number of benzene rings is 2. The lowest BCUT2D eigenvalue weighted by molar-refractivity contribution is 0.0673. The van der Waals surface area contributed by atoms with Gasteiger partial charge in [-0.05, 0) is 49.2 Å². The maximum atomic E-state index is 12.9. The topological polar surface area (TPSA) is 70.6 Å². The number of aliphatic imine (C=N–C) groups is 1. The summed E-state index contributed by atoms with van der Waals surface area (Å²) in [6, 6.07) is 13.4. The van der Waals surface area contributed by atoms with E-state index in [-0.39, 0.29) is 18.3 Å². The number of aryl methyl sites for hydroxylation is 1. The SMILES string of the molecule is Cc1cccc(NC(N)=NCC(C)(O)c2ccc(F)cc2)c1. The summed E-state index contributed by atoms with van der Waals surface area (Å²) in [5, 5.41) is 13.4. The summed E-state index contributed by atoms with van der Waals surface area (Å²) in [7, 11) is 0. The van der Waals surface area contributed by atoms with Gasteiger partial charge >= 0.3 is 0 Å². The number of halogens is 1. The van der Waals surface area contributed by atoms with Gasteiger partial charge in [-0.3, -0.25) is 0 Å². The molecule has 1 atom stereocenters. The summed E-state index contributed by atoms with van der Waals surface area (Å²) in [5.74, 6) is -0.128. The molecular formula is C17H20FN3O. The van der Waals surface area contributed by atoms with Gasteiger partial charge in [0.15, 0.2) is 5.96 Å². The summed E-state index contributed by atoms with van der Waals surface area (Å²) in [6.07, 6.45) is 0. The standard InChI is InChI=1S/C17H20FN3O/c1-12-4-3-5-15(10-12)21-16(19)20-11-17(2,22)13-6-8-14(18)9-7-13/h3-10,22H,11H2,1-2H3,(H3,19,20,21). The zero-order valence-corrected chi connectivity index (χ0v) is 12.7. The second-order valence-electron chi connectivity index (χ2n) is 5.48. The minimum absolute atomic E-state index is 0.0727. The highest BCUT2D eigenvalue weighted by Gasteiger charge is 2.22. The van der Waals surface area contributed by atoms with Crippen LogP contribution in [0.4, 0.5) is 10.1 Å². The molecule has 22 heavy (non-hydrogen) atoms. The highest BCUT2D eigenvalue weighted by atomic mass is 19.1. The van der Waals surface area contributed by atoms with Crippen LogP contribution < -0.4 is 11.1 Å². The number of hydrogen-bond donors (Lipinski definition) is 3. The number of rotatable bonds is 4. The number of anilines is 1. The summed E-state index contributed by atoms with van der Waals surface area (Å²) >= 11 is 0. The average molecular weight is 301 g/mol. The van der Waals surface area contributed by atoms with Gasteiger partial charge in [0, 0.05) is 5.69 Å². The van der Waals surface area contributed by atoms with Crippen LogP contribution >= 0.6 is 0 Å². The molecule has 0 aliphatic heterocycles. The highest BCUT2D eigenvalue weighted by molar-refractivity contribution is 5.92. The van der Waals surface area contributed by atoms with Crippen LogP contribution in [0.5, 0.6) is 0 Å². The van der Waals surface area contributed by atoms with Gasteiger partial charge in [-0.1, -0.05) is 24.3 Å². The molecule has 0 amide bonds. The first kappa shape index (κ1) is 16.0. The molecule has 4 nitrogen and oxygen atoms in total. The fourth-order valence-corrected chi connectivity index (χ4v) is 2.05. The van der Waals surface area contributed by atoms with E-state index in [4.69, 9.17) is 5.73 Å². The molecule has 0 aliphatic carbocycles. The number of hydrogen-bond acceptors (Lipinski definition) is 2. The van der Waals surface area contributed by atoms with E-state index < -0.39 is 5.60 Å². The van der Waals surface area contributed by atoms with Crippen molar-refractivity contribution in [1.82, 2.24) is 0 Å². The molecule has 1 unspecified atom stereocenters. The number of aliphatic hydroxyl groups is 1. The molecule has 2 aromatic rings. The number of nitrogens with zero attached hydrogens (tertiary/aromatic N) is 1. The molecule has 2 aromatic carbocycles. The fraction of sp³-hybridized carbons (Fsp3) is 0.235. The van der Waals surface area contributed by atoms with Gasteiger partial charge in [0.25, 0.3) is 0 Å². The lowest BCUT2D eigenvalue weighted by atomic mass is 9.96. The molecule has 4 N–H and O–H groups in total. The Morgan fingerprint density at radius 3 is 2.59 bits per heavy atom. The van der Waals surface area contributed by atoms with Crippen molar-refractivity contribution in [3.8, 4) is 0 Å². The van der Waals surface area contributed by atoms with Crippen molar-refractivity contribution in [3.05, 3.63) is 65.5 Å². The largest absolute Gasteiger partial charge is 0.384 e. The molecule has 0 fully saturated rings. The Balaban J connectivity index is 2.04. The first-order valence-electron chi connectivity index (χ1n) is 6.99. The number of guanidine groups is 1. The van der Waals surface area contributed by atoms with Gasteiger partial charge in [-0.25, -0.2) is 9.38 Å². The van der Waals surface area contributed by atoms with E-state index in [1.165, 1.54) is 24.3 Å². The zero-order valence-electron chi connectivity index (χ0n) is 12.7. The van der Waals surface area contributed by atoms with Gasteiger partial charge in [-0.2, -0.15) is 0 Å². The molecule has 5 heteroatoms. The third kappa shape index (κ3) is 4.30. The van der Waals surface area contributed by atoms with E-state index in [1.807, 2.05) is 31.2 Å². The molecule has 0 saturated carbocycles. The second-order valence-corrected chi connectivity index (χ2v) is 5.48. The smallest absolute Gasteiger partial charge is 0.193 e. The van der Waals surface area contributed by atoms with Crippen molar-refractivity contribution in [1.29, 1.82) is 0 Å². The fourth-order valence-electron chi connectivity index (χ4n) is 2.05. The van der Waals surface area contributed by atoms with Crippen LogP contribution in [0.3, 0.4) is 0 Å². The number of nitrogens with one attached hydrogen (secondary N) is 1. The first-order valence-corrected chi connectivity index (χ1v) is 6.99. The Labute approximate surface area is 129 Å². The molecule has 0 aromatic heterocycles. The van der Waals surface area contributed by atoms with E-state index in [1.54, 1.807) is 6.92 Å². The predicted octanol–water partition coefficient (Wildman–Crippen LogP) is 2.77. The van der Waals surface area contributed by atoms with Crippen LogP contribution in [-0.2, 0) is 5.60 Å². The minimum Gasteiger partial charge on any atom is -0.384 e. The van der Waals surface area contributed by atoms with Crippen LogP contribution in [-0.4, -0.2) is 17.6 Å². The van der Waals surface area contributed by atoms with Gasteiger partial charge < -0.3 is 16.2 Å². The van der Waals surface area contributed by atoms with Gasteiger partial charge in [0.2, 0.25) is 0 Å². The highest BCUT2D eigenvalue weighted by Crippen LogP contribution is 2.21. The Hall–Kier alpha value is -2.40. The Bertz CT molecular complexity index is 666. The van der Waals surface area contributed by atoms with Crippen molar-refractivity contribution in [3.63, 3.8) is 0 Å². The van der Waals surface area contributed by atoms with E-state index in [9.17, 15) is 9.50 Å². The minimum atomic E-state index is -1.22. The third-order valence-electron chi connectivity index (χ3n) is 3.31. The molecule has 0 aliphatic rings. The van der Waals surface area contributed by atoms with Crippen molar-refractivity contribution in [2.45, 2.75) is 19.4 Å². The van der Waals surface area contributed by atoms with Crippen molar-refractivity contribution in [2.24, 2.45) is 10.7 Å². The first-order chi connectivity index (χ1) is 10.4. The molecular weight excluding hydrogens is 281 g/mol. The monoisotopic (exact) mass is 301 g/mol. The molecule has 0 spiro atoms. The normalized spacial score (nSPS) is 14.5. The van der Waals surface area contributed by atoms with Crippen LogP contribution in [0.25, 0.3) is 0 Å². The Kier molecular flexibility index (Phi) is 4.78. The molecule has 116 valence electrons. The maximum Gasteiger partial charge on any atom is 0.193 e. The Morgan fingerprint density at radius 2 is 1.95 bits per heavy atom. The van der Waals surface area contributed by atoms with Crippen LogP contribution in [0.2, 0.25) is 0 Å². The summed E-state index contributed by atoms with van der Waals surface area (Å²) in [5.41, 5.74) is 7.14. The van der Waals surface area contributed by atoms with E-state index in [2.05, 4.69) is 10.3 Å². The third-order valence-corrected chi connectivity index (χ3v) is 3.31. The van der Waals surface area contributed by atoms with Crippen molar-refractivity contribution < 1.29 is 9.50 Å². The second kappa shape index (κ2) is 6.58. The van der Waals surface area contributed by atoms with Gasteiger partial charge in [0.05, 0.1) is 6.54 Å². The van der Waals surface area contributed by atoms with Gasteiger partial charge in [-0.15, -0.1) is 0 Å². The summed E-state index contributed by atoms with van der Waals surface area (Å²) < 4.78 is 12.9. The maximum absolute atomic E-state index is 12.9. The van der Waals surface area contributed by atoms with E-state index in [0.29, 0.717) is 5.56 Å². The Morgan fingerprint density at radius 1 is 1.27 bits per heavy atom. The average Bonchev–Trinajstić information content (AvgIpc) is 2.46. The van der Waals surface area contributed by atoms with Crippen LogP contribution in [0, 0.1) is 12.7 Å². The quantitative estimate of drug-likeness (QED) is 0.601. The summed E-state index contributed by atoms with van der Waals surface area (Å²) in [4.78, 5) is 4.16. The van der Waals surface area contributed by atoms with E-state index >= 15 is 0 Å². The molecule has 2 rings (SSSR count). The van der Waals surface area contributed by atoms with Crippen molar-refractivity contribution >= 4 is 11.6 Å². The number of nitrogens with two attached hydrogens (primary N) is 1. The predicted molar refractivity (Wildman–Crippen MR) is 87.3 cm³/mol. The zero-order chi connectivity index (χ0) is 16.2. The molecule has 0 bridgehead atoms. The molecule has 0 saturated heterocycles. The van der Waals surface area contributed by atoms with E-state index in [0.717, 1.165) is 11.3 Å². The van der Waals surface area contributed by atoms with Crippen LogP contribution in [0.15, 0.2) is 53.5 Å². The molecule has 0 radical (unpaired) electrons. The van der Waals surface area contributed by atoms with Crippen molar-refractivity contribution in [2.75, 3.05) is 11.9 Å². The van der Waals surface area contributed by atoms with Gasteiger partial charge in [0.1, 0.15) is 11.4 Å². The lowest BCUT2D eigenvalue weighted by Crippen LogP contribution is -2.29. The summed E-state index contributed by atoms with van der Waals surface area (Å²) in [6.45, 7) is 3.67. The van der Waals surface area contributed by atoms with Crippen LogP contribution in [0.1, 0.15) is 18.1 Å². The molecule has 0 heterocycles. The lowest BCUT2D eigenvalue weighted by Gasteiger charge is -2.22.